The Hall–Kier alpha value is -3.97. The van der Waals surface area contributed by atoms with Crippen LogP contribution in [0.4, 0.5) is 5.69 Å². The number of hydrogen-bond donors (Lipinski definition) is 2. The molecule has 7 heteroatoms. The first-order valence-electron chi connectivity index (χ1n) is 10.6. The van der Waals surface area contributed by atoms with Crippen molar-refractivity contribution >= 4 is 22.6 Å². The number of aromatic amines is 1. The number of amides is 1. The zero-order valence-corrected chi connectivity index (χ0v) is 19.2. The number of pyridine rings is 2. The summed E-state index contributed by atoms with van der Waals surface area (Å²) < 4.78 is 5.48. The molecule has 3 aromatic heterocycles. The highest BCUT2D eigenvalue weighted by Crippen LogP contribution is 2.33. The Morgan fingerprint density at radius 3 is 2.73 bits per heavy atom. The van der Waals surface area contributed by atoms with Crippen molar-refractivity contribution in [3.8, 4) is 28.0 Å². The van der Waals surface area contributed by atoms with Crippen molar-refractivity contribution < 1.29 is 9.53 Å². The van der Waals surface area contributed by atoms with E-state index in [2.05, 4.69) is 32.4 Å². The van der Waals surface area contributed by atoms with Crippen molar-refractivity contribution in [2.24, 2.45) is 0 Å². The highest BCUT2D eigenvalue weighted by molar-refractivity contribution is 6.00. The van der Waals surface area contributed by atoms with Crippen molar-refractivity contribution in [2.75, 3.05) is 33.1 Å². The fraction of sp³-hybridized carbons (Fsp3) is 0.192. The molecule has 1 aromatic carbocycles. The molecule has 1 amide bonds. The van der Waals surface area contributed by atoms with Crippen LogP contribution in [0.25, 0.3) is 33.3 Å². The molecule has 0 unspecified atom stereocenters. The SMILES string of the molecule is COc1cc(NC(=O)/C=C/CN(C)C)cc(-c2cnc3[nH]cc(-c4ccnc(C)c4)c3c2)c1. The van der Waals surface area contributed by atoms with Gasteiger partial charge in [-0.15, -0.1) is 0 Å². The number of benzene rings is 1. The van der Waals surface area contributed by atoms with Gasteiger partial charge in [0.2, 0.25) is 5.91 Å². The minimum atomic E-state index is -0.189. The van der Waals surface area contributed by atoms with Crippen LogP contribution in [0.2, 0.25) is 0 Å². The number of rotatable bonds is 7. The summed E-state index contributed by atoms with van der Waals surface area (Å²) in [6.07, 6.45) is 8.95. The number of methoxy groups -OCH3 is 1. The normalized spacial score (nSPS) is 11.4. The van der Waals surface area contributed by atoms with Crippen LogP contribution in [0.1, 0.15) is 5.69 Å². The van der Waals surface area contributed by atoms with Crippen LogP contribution in [0.5, 0.6) is 5.75 Å². The Morgan fingerprint density at radius 2 is 1.97 bits per heavy atom. The highest BCUT2D eigenvalue weighted by Gasteiger charge is 2.11. The number of nitrogens with one attached hydrogen (secondary N) is 2. The van der Waals surface area contributed by atoms with Crippen LogP contribution in [-0.4, -0.2) is 53.5 Å². The van der Waals surface area contributed by atoms with E-state index in [1.54, 1.807) is 13.2 Å². The molecule has 33 heavy (non-hydrogen) atoms. The molecule has 0 spiro atoms. The van der Waals surface area contributed by atoms with Crippen LogP contribution in [0.3, 0.4) is 0 Å². The molecule has 0 aliphatic rings. The zero-order valence-electron chi connectivity index (χ0n) is 19.2. The first kappa shape index (κ1) is 22.2. The summed E-state index contributed by atoms with van der Waals surface area (Å²) in [4.78, 5) is 26.5. The van der Waals surface area contributed by atoms with E-state index in [0.29, 0.717) is 18.0 Å². The van der Waals surface area contributed by atoms with Crippen LogP contribution in [0, 0.1) is 6.92 Å². The van der Waals surface area contributed by atoms with E-state index in [9.17, 15) is 4.79 Å². The first-order chi connectivity index (χ1) is 15.9. The first-order valence-corrected chi connectivity index (χ1v) is 10.6. The molecule has 0 bridgehead atoms. The summed E-state index contributed by atoms with van der Waals surface area (Å²) in [5, 5.41) is 3.93. The van der Waals surface area contributed by atoms with Gasteiger partial charge in [-0.1, -0.05) is 6.08 Å². The number of carbonyl (C=O) groups is 1. The lowest BCUT2D eigenvalue weighted by Gasteiger charge is -2.10. The highest BCUT2D eigenvalue weighted by atomic mass is 16.5. The van der Waals surface area contributed by atoms with Crippen LogP contribution in [-0.2, 0) is 4.79 Å². The lowest BCUT2D eigenvalue weighted by molar-refractivity contribution is -0.111. The topological polar surface area (TPSA) is 83.1 Å². The van der Waals surface area contributed by atoms with Gasteiger partial charge in [0, 0.05) is 65.2 Å². The van der Waals surface area contributed by atoms with Gasteiger partial charge < -0.3 is 19.9 Å². The molecule has 7 nitrogen and oxygen atoms in total. The van der Waals surface area contributed by atoms with E-state index in [1.807, 2.05) is 68.8 Å². The van der Waals surface area contributed by atoms with Crippen molar-refractivity contribution in [3.63, 3.8) is 0 Å². The number of hydrogen-bond acceptors (Lipinski definition) is 5. The zero-order chi connectivity index (χ0) is 23.4. The van der Waals surface area contributed by atoms with Crippen molar-refractivity contribution in [1.29, 1.82) is 0 Å². The molecule has 168 valence electrons. The van der Waals surface area contributed by atoms with Gasteiger partial charge in [0.05, 0.1) is 7.11 Å². The number of H-pyrrole nitrogens is 1. The maximum absolute atomic E-state index is 12.3. The van der Waals surface area contributed by atoms with Gasteiger partial charge in [0.25, 0.3) is 0 Å². The molecule has 4 rings (SSSR count). The largest absolute Gasteiger partial charge is 0.497 e. The Balaban J connectivity index is 1.69. The average Bonchev–Trinajstić information content (AvgIpc) is 3.22. The summed E-state index contributed by atoms with van der Waals surface area (Å²) in [7, 11) is 5.51. The van der Waals surface area contributed by atoms with E-state index in [0.717, 1.165) is 39.0 Å². The minimum Gasteiger partial charge on any atom is -0.497 e. The minimum absolute atomic E-state index is 0.189. The van der Waals surface area contributed by atoms with Gasteiger partial charge in [0.15, 0.2) is 0 Å². The fourth-order valence-electron chi connectivity index (χ4n) is 3.62. The number of ether oxygens (including phenoxy) is 1. The Morgan fingerprint density at radius 1 is 1.12 bits per heavy atom. The lowest BCUT2D eigenvalue weighted by atomic mass is 10.0. The van der Waals surface area contributed by atoms with Crippen LogP contribution >= 0.6 is 0 Å². The Labute approximate surface area is 193 Å². The molecule has 0 radical (unpaired) electrons. The second kappa shape index (κ2) is 9.67. The number of aryl methyl sites for hydroxylation is 1. The van der Waals surface area contributed by atoms with E-state index in [-0.39, 0.29) is 5.91 Å². The van der Waals surface area contributed by atoms with E-state index >= 15 is 0 Å². The predicted octanol–water partition coefficient (Wildman–Crippen LogP) is 4.67. The third-order valence-corrected chi connectivity index (χ3v) is 5.22. The van der Waals surface area contributed by atoms with Crippen molar-refractivity contribution in [1.82, 2.24) is 19.9 Å². The van der Waals surface area contributed by atoms with E-state index in [4.69, 9.17) is 4.74 Å². The third kappa shape index (κ3) is 5.27. The maximum Gasteiger partial charge on any atom is 0.248 e. The number of anilines is 1. The van der Waals surface area contributed by atoms with Crippen LogP contribution in [0.15, 0.2) is 67.1 Å². The van der Waals surface area contributed by atoms with Crippen LogP contribution < -0.4 is 10.1 Å². The van der Waals surface area contributed by atoms with Gasteiger partial charge in [-0.25, -0.2) is 4.98 Å². The van der Waals surface area contributed by atoms with Gasteiger partial charge in [-0.05, 0) is 62.5 Å². The van der Waals surface area contributed by atoms with Gasteiger partial charge in [-0.3, -0.25) is 9.78 Å². The molecule has 0 aliphatic carbocycles. The monoisotopic (exact) mass is 441 g/mol. The van der Waals surface area contributed by atoms with Crippen molar-refractivity contribution in [3.05, 3.63) is 72.8 Å². The molecule has 0 atom stereocenters. The Bertz CT molecular complexity index is 1320. The van der Waals surface area contributed by atoms with Crippen molar-refractivity contribution in [2.45, 2.75) is 6.92 Å². The lowest BCUT2D eigenvalue weighted by Crippen LogP contribution is -2.13. The number of likely N-dealkylation sites (N-methyl/N-ethyl adjacent to an activating group) is 1. The quantitative estimate of drug-likeness (QED) is 0.408. The molecular formula is C26H27N5O2. The fourth-order valence-corrected chi connectivity index (χ4v) is 3.62. The average molecular weight is 442 g/mol. The molecular weight excluding hydrogens is 414 g/mol. The summed E-state index contributed by atoms with van der Waals surface area (Å²) in [5.74, 6) is 0.463. The second-order valence-electron chi connectivity index (χ2n) is 8.11. The molecule has 0 saturated heterocycles. The molecule has 3 heterocycles. The maximum atomic E-state index is 12.3. The van der Waals surface area contributed by atoms with Gasteiger partial charge in [-0.2, -0.15) is 0 Å². The predicted molar refractivity (Wildman–Crippen MR) is 132 cm³/mol. The van der Waals surface area contributed by atoms with Gasteiger partial charge >= 0.3 is 0 Å². The standard InChI is InChI=1S/C26H27N5O2/c1-17-10-18(7-8-27-17)24-16-29-26-23(24)13-20(15-28-26)19-11-21(14-22(12-19)33-4)30-25(32)6-5-9-31(2)3/h5-8,10-16H,9H2,1-4H3,(H,28,29)(H,30,32)/b6-5+. The second-order valence-corrected chi connectivity index (χ2v) is 8.11. The summed E-state index contributed by atoms with van der Waals surface area (Å²) in [5.41, 5.74) is 6.39. The molecule has 0 fully saturated rings. The Kier molecular flexibility index (Phi) is 6.51. The molecule has 0 saturated carbocycles. The molecule has 2 N–H and O–H groups in total. The summed E-state index contributed by atoms with van der Waals surface area (Å²) >= 11 is 0. The van der Waals surface area contributed by atoms with E-state index in [1.165, 1.54) is 6.08 Å². The van der Waals surface area contributed by atoms with Gasteiger partial charge in [0.1, 0.15) is 11.4 Å². The number of fused-ring (bicyclic) bond motifs is 1. The summed E-state index contributed by atoms with van der Waals surface area (Å²) in [6.45, 7) is 2.67. The number of carbonyl (C=O) groups excluding carboxylic acids is 1. The number of aromatic nitrogens is 3. The molecule has 0 aliphatic heterocycles. The summed E-state index contributed by atoms with van der Waals surface area (Å²) in [6, 6.07) is 11.8. The van der Waals surface area contributed by atoms with E-state index < -0.39 is 0 Å². The smallest absolute Gasteiger partial charge is 0.248 e. The number of nitrogens with zero attached hydrogens (tertiary/aromatic N) is 3. The molecule has 4 aromatic rings. The third-order valence-electron chi connectivity index (χ3n) is 5.22.